The first-order valence-corrected chi connectivity index (χ1v) is 7.86. The van der Waals surface area contributed by atoms with E-state index >= 15 is 0 Å². The van der Waals surface area contributed by atoms with Gasteiger partial charge in [-0.15, -0.1) is 0 Å². The molecular formula is C17H25N3O2. The summed E-state index contributed by atoms with van der Waals surface area (Å²) in [5.41, 5.74) is 6.64. The van der Waals surface area contributed by atoms with Gasteiger partial charge in [-0.2, -0.15) is 0 Å². The van der Waals surface area contributed by atoms with Crippen LogP contribution in [0.3, 0.4) is 0 Å². The summed E-state index contributed by atoms with van der Waals surface area (Å²) in [7, 11) is 0. The van der Waals surface area contributed by atoms with Crippen LogP contribution in [0.1, 0.15) is 25.8 Å². The van der Waals surface area contributed by atoms with Crippen LogP contribution in [-0.2, 0) is 16.0 Å². The molecule has 1 heterocycles. The average molecular weight is 303 g/mol. The maximum Gasteiger partial charge on any atom is 0.241 e. The number of primary amides is 1. The summed E-state index contributed by atoms with van der Waals surface area (Å²) in [6.45, 7) is 6.07. The van der Waals surface area contributed by atoms with E-state index in [1.165, 1.54) is 0 Å². The molecule has 0 aliphatic carbocycles. The van der Waals surface area contributed by atoms with Gasteiger partial charge in [-0.25, -0.2) is 0 Å². The minimum Gasteiger partial charge on any atom is -0.368 e. The molecule has 2 N–H and O–H groups in total. The van der Waals surface area contributed by atoms with Crippen molar-refractivity contribution in [3.63, 3.8) is 0 Å². The Bertz CT molecular complexity index is 516. The van der Waals surface area contributed by atoms with Crippen molar-refractivity contribution in [1.82, 2.24) is 9.80 Å². The van der Waals surface area contributed by atoms with Crippen LogP contribution in [0.5, 0.6) is 0 Å². The molecule has 0 saturated carbocycles. The second-order valence-corrected chi connectivity index (χ2v) is 6.08. The number of piperazine rings is 1. The van der Waals surface area contributed by atoms with Crippen LogP contribution >= 0.6 is 0 Å². The highest BCUT2D eigenvalue weighted by Crippen LogP contribution is 2.15. The molecule has 120 valence electrons. The fourth-order valence-corrected chi connectivity index (χ4v) is 2.85. The lowest BCUT2D eigenvalue weighted by Gasteiger charge is -2.41. The Labute approximate surface area is 132 Å². The van der Waals surface area contributed by atoms with Crippen LogP contribution in [0, 0.1) is 0 Å². The second kappa shape index (κ2) is 7.40. The Morgan fingerprint density at radius 2 is 1.91 bits per heavy atom. The zero-order chi connectivity index (χ0) is 16.1. The van der Waals surface area contributed by atoms with Gasteiger partial charge in [0.25, 0.3) is 0 Å². The van der Waals surface area contributed by atoms with Gasteiger partial charge in [-0.1, -0.05) is 30.3 Å². The van der Waals surface area contributed by atoms with Gasteiger partial charge < -0.3 is 10.6 Å². The van der Waals surface area contributed by atoms with Gasteiger partial charge in [0.2, 0.25) is 11.8 Å². The van der Waals surface area contributed by atoms with E-state index in [-0.39, 0.29) is 5.91 Å². The summed E-state index contributed by atoms with van der Waals surface area (Å²) in [5.74, 6) is -0.408. The van der Waals surface area contributed by atoms with Gasteiger partial charge >= 0.3 is 0 Å². The molecule has 1 fully saturated rings. The quantitative estimate of drug-likeness (QED) is 0.883. The van der Waals surface area contributed by atoms with Gasteiger partial charge in [0.15, 0.2) is 0 Å². The van der Waals surface area contributed by atoms with Gasteiger partial charge in [0.05, 0.1) is 0 Å². The van der Waals surface area contributed by atoms with Crippen LogP contribution < -0.4 is 5.73 Å². The van der Waals surface area contributed by atoms with E-state index in [0.29, 0.717) is 32.0 Å². The largest absolute Gasteiger partial charge is 0.368 e. The summed E-state index contributed by atoms with van der Waals surface area (Å²) in [5, 5.41) is 0. The lowest BCUT2D eigenvalue weighted by molar-refractivity contribution is -0.143. The van der Waals surface area contributed by atoms with Crippen molar-refractivity contribution in [3.8, 4) is 0 Å². The Hall–Kier alpha value is -1.88. The minimum absolute atomic E-state index is 0.0102. The highest BCUT2D eigenvalue weighted by molar-refractivity contribution is 5.87. The van der Waals surface area contributed by atoms with Crippen molar-refractivity contribution in [2.75, 3.05) is 19.6 Å². The maximum atomic E-state index is 12.5. The third kappa shape index (κ3) is 4.07. The van der Waals surface area contributed by atoms with Gasteiger partial charge in [-0.3, -0.25) is 14.5 Å². The summed E-state index contributed by atoms with van der Waals surface area (Å²) in [6, 6.07) is 9.74. The predicted molar refractivity (Wildman–Crippen MR) is 86.2 cm³/mol. The molecule has 0 aromatic heterocycles. The van der Waals surface area contributed by atoms with Crippen molar-refractivity contribution in [2.45, 2.75) is 38.8 Å². The number of carbonyl (C=O) groups excluding carboxylic acids is 2. The van der Waals surface area contributed by atoms with Crippen LogP contribution in [-0.4, -0.2) is 53.3 Å². The first kappa shape index (κ1) is 16.5. The molecule has 0 bridgehead atoms. The van der Waals surface area contributed by atoms with Crippen LogP contribution in [0.25, 0.3) is 0 Å². The van der Waals surface area contributed by atoms with Crippen molar-refractivity contribution in [1.29, 1.82) is 0 Å². The van der Waals surface area contributed by atoms with Crippen molar-refractivity contribution >= 4 is 11.8 Å². The Balaban J connectivity index is 1.97. The van der Waals surface area contributed by atoms with E-state index in [2.05, 4.69) is 18.7 Å². The SMILES string of the molecule is CC(C)N1CCN(C(=O)CCc2ccccc2)[C@H](C(N)=O)C1. The zero-order valence-corrected chi connectivity index (χ0v) is 13.4. The summed E-state index contributed by atoms with van der Waals surface area (Å²) in [4.78, 5) is 28.0. The smallest absolute Gasteiger partial charge is 0.241 e. The topological polar surface area (TPSA) is 66.6 Å². The molecule has 2 amide bonds. The first-order chi connectivity index (χ1) is 10.5. The third-order valence-corrected chi connectivity index (χ3v) is 4.26. The number of rotatable bonds is 5. The predicted octanol–water partition coefficient (Wildman–Crippen LogP) is 1.03. The van der Waals surface area contributed by atoms with E-state index in [0.717, 1.165) is 12.1 Å². The molecule has 1 aliphatic heterocycles. The van der Waals surface area contributed by atoms with E-state index in [4.69, 9.17) is 5.73 Å². The number of hydrogen-bond donors (Lipinski definition) is 1. The molecule has 0 unspecified atom stereocenters. The van der Waals surface area contributed by atoms with E-state index in [1.807, 2.05) is 30.3 Å². The summed E-state index contributed by atoms with van der Waals surface area (Å²) < 4.78 is 0. The lowest BCUT2D eigenvalue weighted by Crippen LogP contribution is -2.61. The molecule has 1 aliphatic rings. The summed E-state index contributed by atoms with van der Waals surface area (Å²) in [6.07, 6.45) is 1.10. The van der Waals surface area contributed by atoms with E-state index in [1.54, 1.807) is 4.90 Å². The number of amides is 2. The molecule has 2 rings (SSSR count). The minimum atomic E-state index is -0.514. The average Bonchev–Trinajstić information content (AvgIpc) is 2.52. The monoisotopic (exact) mass is 303 g/mol. The number of hydrogen-bond acceptors (Lipinski definition) is 3. The van der Waals surface area contributed by atoms with E-state index in [9.17, 15) is 9.59 Å². The van der Waals surface area contributed by atoms with Crippen molar-refractivity contribution < 1.29 is 9.59 Å². The van der Waals surface area contributed by atoms with Crippen molar-refractivity contribution in [2.24, 2.45) is 5.73 Å². The van der Waals surface area contributed by atoms with Gasteiger partial charge in [0.1, 0.15) is 6.04 Å². The Morgan fingerprint density at radius 1 is 1.23 bits per heavy atom. The molecule has 1 atom stereocenters. The number of benzene rings is 1. The van der Waals surface area contributed by atoms with Crippen LogP contribution in [0.15, 0.2) is 30.3 Å². The number of nitrogens with two attached hydrogens (primary N) is 1. The van der Waals surface area contributed by atoms with E-state index < -0.39 is 11.9 Å². The first-order valence-electron chi connectivity index (χ1n) is 7.86. The normalized spacial score (nSPS) is 19.4. The highest BCUT2D eigenvalue weighted by atomic mass is 16.2. The van der Waals surface area contributed by atoms with Crippen LogP contribution in [0.4, 0.5) is 0 Å². The third-order valence-electron chi connectivity index (χ3n) is 4.26. The maximum absolute atomic E-state index is 12.5. The Morgan fingerprint density at radius 3 is 2.50 bits per heavy atom. The molecule has 0 radical (unpaired) electrons. The summed E-state index contributed by atoms with van der Waals surface area (Å²) >= 11 is 0. The number of carbonyl (C=O) groups is 2. The standard InChI is InChI=1S/C17H25N3O2/c1-13(2)19-10-11-20(15(12-19)17(18)22)16(21)9-8-14-6-4-3-5-7-14/h3-7,13,15H,8-12H2,1-2H3,(H2,18,22)/t15-/m0/s1. The molecule has 1 saturated heterocycles. The second-order valence-electron chi connectivity index (χ2n) is 6.08. The van der Waals surface area contributed by atoms with Gasteiger partial charge in [0, 0.05) is 32.1 Å². The molecular weight excluding hydrogens is 278 g/mol. The zero-order valence-electron chi connectivity index (χ0n) is 13.4. The number of nitrogens with zero attached hydrogens (tertiary/aromatic N) is 2. The van der Waals surface area contributed by atoms with Crippen molar-refractivity contribution in [3.05, 3.63) is 35.9 Å². The molecule has 22 heavy (non-hydrogen) atoms. The molecule has 1 aromatic carbocycles. The molecule has 5 nitrogen and oxygen atoms in total. The lowest BCUT2D eigenvalue weighted by atomic mass is 10.1. The Kier molecular flexibility index (Phi) is 5.55. The van der Waals surface area contributed by atoms with Gasteiger partial charge in [-0.05, 0) is 25.8 Å². The fraction of sp³-hybridized carbons (Fsp3) is 0.529. The van der Waals surface area contributed by atoms with Crippen LogP contribution in [0.2, 0.25) is 0 Å². The molecule has 1 aromatic rings. The fourth-order valence-electron chi connectivity index (χ4n) is 2.85. The molecule has 5 heteroatoms. The molecule has 0 spiro atoms. The highest BCUT2D eigenvalue weighted by Gasteiger charge is 2.34. The number of aryl methyl sites for hydroxylation is 1.